The van der Waals surface area contributed by atoms with Gasteiger partial charge in [0.25, 0.3) is 0 Å². The van der Waals surface area contributed by atoms with E-state index in [9.17, 15) is 0 Å². The minimum atomic E-state index is 1.06. The van der Waals surface area contributed by atoms with E-state index in [1.807, 2.05) is 26.0 Å². The van der Waals surface area contributed by atoms with Crippen molar-refractivity contribution in [3.05, 3.63) is 328 Å². The van der Waals surface area contributed by atoms with Crippen molar-refractivity contribution < 1.29 is 0 Å². The third-order valence-electron chi connectivity index (χ3n) is 16.9. The first-order chi connectivity index (χ1) is 42.7. The van der Waals surface area contributed by atoms with E-state index < -0.39 is 0 Å². The minimum absolute atomic E-state index is 1.06. The molecule has 0 aliphatic carbocycles. The number of aromatic nitrogens is 2. The van der Waals surface area contributed by atoms with Crippen LogP contribution in [0.4, 0.5) is 34.1 Å². The smallest absolute Gasteiger partial charge is 0.0782 e. The Kier molecular flexibility index (Phi) is 13.3. The van der Waals surface area contributed by atoms with Gasteiger partial charge in [-0.2, -0.15) is 0 Å². The highest BCUT2D eigenvalue weighted by Gasteiger charge is 2.28. The average molecular weight is 1100 g/mol. The molecule has 0 spiro atoms. The van der Waals surface area contributed by atoms with Gasteiger partial charge in [0.15, 0.2) is 0 Å². The second-order valence-electron chi connectivity index (χ2n) is 21.8. The van der Waals surface area contributed by atoms with Crippen molar-refractivity contribution in [3.63, 3.8) is 0 Å². The van der Waals surface area contributed by atoms with Crippen molar-refractivity contribution in [1.29, 1.82) is 0 Å². The van der Waals surface area contributed by atoms with Crippen molar-refractivity contribution in [2.24, 2.45) is 0 Å². The molecular weight excluding hydrogens is 1040 g/mol. The summed E-state index contributed by atoms with van der Waals surface area (Å²) < 4.78 is 5.01. The number of allylic oxidation sites excluding steroid dienone is 2. The fourth-order valence-electron chi connectivity index (χ4n) is 13.2. The van der Waals surface area contributed by atoms with Gasteiger partial charge in [-0.1, -0.05) is 255 Å². The number of rotatable bonds is 10. The number of para-hydroxylation sites is 8. The summed E-state index contributed by atoms with van der Waals surface area (Å²) in [6.07, 6.45) is 4.00. The SMILES string of the molecule is C/C=C\C.c1ccc(-c2cccc3c4cccc(N(c5ccccc5)c5cc6cc(N(c7ccccc7)c7cccc8c9cccc(-c%10ccccc%10)c9n(-c9ccccc9)c78)c7ccccc7c6c6ccccc56)c4n(-c4ccccc4)c23)cc1. The highest BCUT2D eigenvalue weighted by Crippen LogP contribution is 2.52. The molecule has 0 atom stereocenters. The Labute approximate surface area is 501 Å². The molecule has 0 N–H and O–H groups in total. The number of nitrogens with zero attached hydrogens (tertiary/aromatic N) is 4. The van der Waals surface area contributed by atoms with E-state index in [1.165, 1.54) is 71.0 Å². The number of benzene rings is 14. The molecule has 0 amide bonds. The van der Waals surface area contributed by atoms with Gasteiger partial charge in [-0.3, -0.25) is 0 Å². The Bertz CT molecular complexity index is 4840. The number of anilines is 6. The summed E-state index contributed by atoms with van der Waals surface area (Å²) in [5.41, 5.74) is 18.0. The largest absolute Gasteiger partial charge is 0.308 e. The summed E-state index contributed by atoms with van der Waals surface area (Å²) in [7, 11) is 0. The Morgan fingerprint density at radius 2 is 0.558 bits per heavy atom. The van der Waals surface area contributed by atoms with Gasteiger partial charge in [-0.25, -0.2) is 0 Å². The lowest BCUT2D eigenvalue weighted by atomic mass is 9.93. The monoisotopic (exact) mass is 1100 g/mol. The summed E-state index contributed by atoms with van der Waals surface area (Å²) in [6, 6.07) is 115. The van der Waals surface area contributed by atoms with Crippen LogP contribution in [-0.2, 0) is 0 Å². The van der Waals surface area contributed by atoms with Crippen LogP contribution in [0.25, 0.3) is 110 Å². The molecule has 16 rings (SSSR count). The number of hydrogen-bond acceptors (Lipinski definition) is 2. The second kappa shape index (κ2) is 22.2. The van der Waals surface area contributed by atoms with Gasteiger partial charge in [0, 0.05) is 66.2 Å². The molecule has 0 fully saturated rings. The first-order valence-electron chi connectivity index (χ1n) is 29.7. The van der Waals surface area contributed by atoms with Crippen LogP contribution in [0, 0.1) is 0 Å². The van der Waals surface area contributed by atoms with E-state index in [0.29, 0.717) is 0 Å². The predicted octanol–water partition coefficient (Wildman–Crippen LogP) is 23.2. The van der Waals surface area contributed by atoms with E-state index in [4.69, 9.17) is 0 Å². The van der Waals surface area contributed by atoms with Gasteiger partial charge in [0.1, 0.15) is 0 Å². The quantitative estimate of drug-likeness (QED) is 0.100. The van der Waals surface area contributed by atoms with E-state index in [1.54, 1.807) is 0 Å². The summed E-state index contributed by atoms with van der Waals surface area (Å²) in [6.45, 7) is 4.00. The van der Waals surface area contributed by atoms with Gasteiger partial charge in [0.05, 0.1) is 44.8 Å². The van der Waals surface area contributed by atoms with Crippen LogP contribution in [0.1, 0.15) is 13.8 Å². The lowest BCUT2D eigenvalue weighted by Gasteiger charge is -2.31. The topological polar surface area (TPSA) is 16.3 Å². The molecule has 0 unspecified atom stereocenters. The zero-order chi connectivity index (χ0) is 57.5. The van der Waals surface area contributed by atoms with Gasteiger partial charge >= 0.3 is 0 Å². The molecule has 86 heavy (non-hydrogen) atoms. The predicted molar refractivity (Wildman–Crippen MR) is 368 cm³/mol. The third kappa shape index (κ3) is 8.69. The third-order valence-corrected chi connectivity index (χ3v) is 16.9. The van der Waals surface area contributed by atoms with Crippen molar-refractivity contribution in [1.82, 2.24) is 9.13 Å². The maximum atomic E-state index is 2.51. The van der Waals surface area contributed by atoms with Crippen LogP contribution in [0.5, 0.6) is 0 Å². The summed E-state index contributed by atoms with van der Waals surface area (Å²) in [4.78, 5) is 5.02. The Hall–Kier alpha value is -11.2. The van der Waals surface area contributed by atoms with Gasteiger partial charge < -0.3 is 18.9 Å². The Morgan fingerprint density at radius 3 is 0.930 bits per heavy atom. The maximum absolute atomic E-state index is 2.51. The zero-order valence-corrected chi connectivity index (χ0v) is 48.0. The van der Waals surface area contributed by atoms with Crippen LogP contribution >= 0.6 is 0 Å². The average Bonchev–Trinajstić information content (AvgIpc) is 1.44. The van der Waals surface area contributed by atoms with Gasteiger partial charge in [-0.15, -0.1) is 0 Å². The molecule has 0 saturated heterocycles. The van der Waals surface area contributed by atoms with Crippen molar-refractivity contribution >= 4 is 110 Å². The molecule has 0 saturated carbocycles. The highest BCUT2D eigenvalue weighted by molar-refractivity contribution is 6.28. The molecule has 0 bridgehead atoms. The van der Waals surface area contributed by atoms with Crippen LogP contribution < -0.4 is 9.80 Å². The Morgan fingerprint density at radius 1 is 0.256 bits per heavy atom. The fraction of sp³-hybridized carbons (Fsp3) is 0.0244. The van der Waals surface area contributed by atoms with E-state index in [-0.39, 0.29) is 0 Å². The molecule has 408 valence electrons. The van der Waals surface area contributed by atoms with Crippen molar-refractivity contribution in [2.45, 2.75) is 13.8 Å². The number of fused-ring (bicyclic) bond motifs is 11. The van der Waals surface area contributed by atoms with E-state index in [2.05, 4.69) is 334 Å². The summed E-state index contributed by atoms with van der Waals surface area (Å²) in [5, 5.41) is 11.8. The fourth-order valence-corrected chi connectivity index (χ4v) is 13.2. The van der Waals surface area contributed by atoms with Crippen LogP contribution in [-0.4, -0.2) is 9.13 Å². The molecule has 2 aromatic heterocycles. The normalized spacial score (nSPS) is 11.6. The minimum Gasteiger partial charge on any atom is -0.308 e. The molecule has 0 aliphatic rings. The highest BCUT2D eigenvalue weighted by atomic mass is 15.2. The standard InChI is InChI=1S/C78H52N4.C4H8/c1-7-27-53(28-8-1)60-43-23-45-66-68-47-25-49-70(77(68)81(75(60)66)58-35-15-5-16-36-58)79(56-31-11-3-12-32-56)72-51-55-52-73(63-40-20-22-42-65(63)74(55)64-41-21-19-39-62(64)72)80(57-33-13-4-14-34-57)71-50-26-48-69-67-46-24-44-61(54-29-9-2-10-30-54)76(67)82(78(69)71)59-37-17-6-18-38-59;1-3-4-2/h1-52H;3-4H,1-2H3/b;4-3-. The van der Waals surface area contributed by atoms with Gasteiger partial charge in [-0.05, 0) is 119 Å². The molecule has 16 aromatic rings. The van der Waals surface area contributed by atoms with Crippen LogP contribution in [0.15, 0.2) is 328 Å². The molecule has 4 heteroatoms. The van der Waals surface area contributed by atoms with E-state index in [0.717, 1.165) is 72.7 Å². The summed E-state index contributed by atoms with van der Waals surface area (Å²) in [5.74, 6) is 0. The number of hydrogen-bond donors (Lipinski definition) is 0. The molecular formula is C82H60N4. The summed E-state index contributed by atoms with van der Waals surface area (Å²) >= 11 is 0. The van der Waals surface area contributed by atoms with Crippen LogP contribution in [0.2, 0.25) is 0 Å². The van der Waals surface area contributed by atoms with E-state index >= 15 is 0 Å². The molecule has 0 aliphatic heterocycles. The first kappa shape index (κ1) is 51.7. The molecule has 2 heterocycles. The lowest BCUT2D eigenvalue weighted by Crippen LogP contribution is -2.13. The first-order valence-corrected chi connectivity index (χ1v) is 29.7. The van der Waals surface area contributed by atoms with Crippen molar-refractivity contribution in [2.75, 3.05) is 9.80 Å². The zero-order valence-electron chi connectivity index (χ0n) is 48.0. The molecule has 4 nitrogen and oxygen atoms in total. The maximum Gasteiger partial charge on any atom is 0.0782 e. The lowest BCUT2D eigenvalue weighted by molar-refractivity contribution is 1.17. The molecule has 14 aromatic carbocycles. The van der Waals surface area contributed by atoms with Crippen molar-refractivity contribution in [3.8, 4) is 33.6 Å². The van der Waals surface area contributed by atoms with Gasteiger partial charge in [0.2, 0.25) is 0 Å². The van der Waals surface area contributed by atoms with Crippen LogP contribution in [0.3, 0.4) is 0 Å². The Balaban J connectivity index is 0.00000152. The second-order valence-corrected chi connectivity index (χ2v) is 21.8. The molecule has 0 radical (unpaired) electrons.